The molecule has 26 heavy (non-hydrogen) atoms. The molecule has 138 valence electrons. The molecule has 7 nitrogen and oxygen atoms in total. The minimum absolute atomic E-state index is 0.0423. The molecule has 0 radical (unpaired) electrons. The SMILES string of the molecule is C=C(C)c1cccc(C(=O)N/C(=C/NC)C(=N)N2CCC(C)(C)C2=O)n1. The van der Waals surface area contributed by atoms with Gasteiger partial charge in [0.15, 0.2) is 5.84 Å². The maximum absolute atomic E-state index is 12.6. The first-order valence-corrected chi connectivity index (χ1v) is 8.40. The first-order chi connectivity index (χ1) is 12.2. The minimum atomic E-state index is -0.502. The average molecular weight is 355 g/mol. The Morgan fingerprint density at radius 3 is 2.58 bits per heavy atom. The molecule has 7 heteroatoms. The van der Waals surface area contributed by atoms with Gasteiger partial charge in [-0.1, -0.05) is 26.5 Å². The van der Waals surface area contributed by atoms with Crippen molar-refractivity contribution >= 4 is 23.2 Å². The molecule has 0 saturated carbocycles. The van der Waals surface area contributed by atoms with Crippen LogP contribution in [0.2, 0.25) is 0 Å². The second-order valence-corrected chi connectivity index (χ2v) is 6.93. The third-order valence-corrected chi connectivity index (χ3v) is 4.27. The third kappa shape index (κ3) is 3.99. The van der Waals surface area contributed by atoms with Crippen molar-refractivity contribution in [3.05, 3.63) is 48.1 Å². The van der Waals surface area contributed by atoms with Gasteiger partial charge in [0, 0.05) is 25.2 Å². The van der Waals surface area contributed by atoms with Crippen molar-refractivity contribution < 1.29 is 9.59 Å². The molecule has 1 aliphatic rings. The van der Waals surface area contributed by atoms with E-state index in [9.17, 15) is 9.59 Å². The number of hydrogen-bond donors (Lipinski definition) is 3. The van der Waals surface area contributed by atoms with Crippen LogP contribution in [-0.2, 0) is 4.79 Å². The van der Waals surface area contributed by atoms with Crippen LogP contribution in [0, 0.1) is 10.8 Å². The van der Waals surface area contributed by atoms with Gasteiger partial charge < -0.3 is 10.6 Å². The zero-order valence-corrected chi connectivity index (χ0v) is 15.6. The van der Waals surface area contributed by atoms with Crippen LogP contribution in [0.3, 0.4) is 0 Å². The highest BCUT2D eigenvalue weighted by Gasteiger charge is 2.41. The first kappa shape index (κ1) is 19.4. The van der Waals surface area contributed by atoms with Gasteiger partial charge in [0.2, 0.25) is 5.91 Å². The van der Waals surface area contributed by atoms with Crippen molar-refractivity contribution in [2.45, 2.75) is 27.2 Å². The molecule has 1 fully saturated rings. The van der Waals surface area contributed by atoms with Crippen LogP contribution in [0.15, 0.2) is 36.7 Å². The van der Waals surface area contributed by atoms with E-state index >= 15 is 0 Å². The van der Waals surface area contributed by atoms with Gasteiger partial charge in [-0.05, 0) is 31.1 Å². The summed E-state index contributed by atoms with van der Waals surface area (Å²) in [6.45, 7) is 9.80. The van der Waals surface area contributed by atoms with Crippen molar-refractivity contribution in [2.75, 3.05) is 13.6 Å². The number of allylic oxidation sites excluding steroid dienone is 1. The van der Waals surface area contributed by atoms with Crippen LogP contribution in [0.5, 0.6) is 0 Å². The van der Waals surface area contributed by atoms with Gasteiger partial charge in [-0.2, -0.15) is 0 Å². The van der Waals surface area contributed by atoms with E-state index in [1.807, 2.05) is 20.8 Å². The van der Waals surface area contributed by atoms with Crippen molar-refractivity contribution in [3.63, 3.8) is 0 Å². The van der Waals surface area contributed by atoms with Gasteiger partial charge >= 0.3 is 0 Å². The standard InChI is InChI=1S/C19H25N5O2/c1-12(2)13-7-6-8-14(22-13)17(25)23-15(11-21-5)16(20)24-10-9-19(3,4)18(24)26/h6-8,11,20-21H,1,9-10H2,2-5H3,(H,23,25)/b15-11+,20-16?. The number of nitrogens with one attached hydrogen (secondary N) is 3. The van der Waals surface area contributed by atoms with Crippen LogP contribution < -0.4 is 10.6 Å². The molecule has 0 atom stereocenters. The fourth-order valence-corrected chi connectivity index (χ4v) is 2.62. The Labute approximate surface area is 153 Å². The highest BCUT2D eigenvalue weighted by atomic mass is 16.2. The number of carbonyl (C=O) groups is 2. The Morgan fingerprint density at radius 2 is 2.04 bits per heavy atom. The average Bonchev–Trinajstić information content (AvgIpc) is 2.87. The van der Waals surface area contributed by atoms with Crippen LogP contribution in [0.25, 0.3) is 5.57 Å². The molecule has 2 amide bonds. The van der Waals surface area contributed by atoms with E-state index in [0.29, 0.717) is 18.7 Å². The molecule has 2 rings (SSSR count). The molecule has 0 unspecified atom stereocenters. The highest BCUT2D eigenvalue weighted by Crippen LogP contribution is 2.31. The summed E-state index contributed by atoms with van der Waals surface area (Å²) in [6, 6.07) is 5.09. The molecule has 3 N–H and O–H groups in total. The molecule has 0 bridgehead atoms. The Morgan fingerprint density at radius 1 is 1.38 bits per heavy atom. The number of rotatable bonds is 5. The number of amides is 2. The van der Waals surface area contributed by atoms with Gasteiger partial charge in [0.25, 0.3) is 5.91 Å². The number of nitrogens with zero attached hydrogens (tertiary/aromatic N) is 2. The van der Waals surface area contributed by atoms with E-state index in [0.717, 1.165) is 5.57 Å². The Kier molecular flexibility index (Phi) is 5.59. The summed E-state index contributed by atoms with van der Waals surface area (Å²) < 4.78 is 0. The van der Waals surface area contributed by atoms with E-state index in [1.54, 1.807) is 25.2 Å². The number of carbonyl (C=O) groups excluding carboxylic acids is 2. The van der Waals surface area contributed by atoms with Gasteiger partial charge in [-0.15, -0.1) is 0 Å². The monoisotopic (exact) mass is 355 g/mol. The fraction of sp³-hybridized carbons (Fsp3) is 0.368. The predicted octanol–water partition coefficient (Wildman–Crippen LogP) is 2.14. The molecule has 0 aliphatic carbocycles. The van der Waals surface area contributed by atoms with E-state index in [4.69, 9.17) is 5.41 Å². The Hall–Kier alpha value is -2.96. The van der Waals surface area contributed by atoms with E-state index in [1.165, 1.54) is 11.1 Å². The second kappa shape index (κ2) is 7.51. The van der Waals surface area contributed by atoms with Crippen molar-refractivity contribution in [1.82, 2.24) is 20.5 Å². The fourth-order valence-electron chi connectivity index (χ4n) is 2.62. The molecule has 1 aromatic rings. The van der Waals surface area contributed by atoms with Crippen molar-refractivity contribution in [1.29, 1.82) is 5.41 Å². The topological polar surface area (TPSA) is 98.2 Å². The lowest BCUT2D eigenvalue weighted by molar-refractivity contribution is -0.131. The van der Waals surface area contributed by atoms with Crippen LogP contribution in [-0.4, -0.2) is 41.1 Å². The summed E-state index contributed by atoms with van der Waals surface area (Å²) in [5.41, 5.74) is 1.31. The number of aromatic nitrogens is 1. The molecular weight excluding hydrogens is 330 g/mol. The summed E-state index contributed by atoms with van der Waals surface area (Å²) in [5.74, 6) is -0.620. The van der Waals surface area contributed by atoms with Gasteiger partial charge in [-0.3, -0.25) is 19.9 Å². The van der Waals surface area contributed by atoms with Crippen molar-refractivity contribution in [3.8, 4) is 0 Å². The maximum Gasteiger partial charge on any atom is 0.274 e. The number of hydrogen-bond acceptors (Lipinski definition) is 5. The van der Waals surface area contributed by atoms with Crippen molar-refractivity contribution in [2.24, 2.45) is 5.41 Å². The largest absolute Gasteiger partial charge is 0.392 e. The Bertz CT molecular complexity index is 795. The molecule has 1 aliphatic heterocycles. The summed E-state index contributed by atoms with van der Waals surface area (Å²) in [5, 5.41) is 13.8. The highest BCUT2D eigenvalue weighted by molar-refractivity contribution is 6.10. The van der Waals surface area contributed by atoms with Crippen LogP contribution in [0.4, 0.5) is 0 Å². The molecule has 0 aromatic carbocycles. The summed E-state index contributed by atoms with van der Waals surface area (Å²) >= 11 is 0. The minimum Gasteiger partial charge on any atom is -0.392 e. The molecule has 1 saturated heterocycles. The second-order valence-electron chi connectivity index (χ2n) is 6.93. The van der Waals surface area contributed by atoms with E-state index in [-0.39, 0.29) is 23.1 Å². The van der Waals surface area contributed by atoms with Gasteiger partial charge in [0.05, 0.1) is 11.4 Å². The van der Waals surface area contributed by atoms with Gasteiger partial charge in [0.1, 0.15) is 5.69 Å². The van der Waals surface area contributed by atoms with Crippen LogP contribution in [0.1, 0.15) is 43.4 Å². The zero-order chi connectivity index (χ0) is 19.5. The molecule has 1 aromatic heterocycles. The zero-order valence-electron chi connectivity index (χ0n) is 15.6. The summed E-state index contributed by atoms with van der Waals surface area (Å²) in [6.07, 6.45) is 2.15. The number of amidine groups is 1. The number of pyridine rings is 1. The Balaban J connectivity index is 2.21. The smallest absolute Gasteiger partial charge is 0.274 e. The molecule has 0 spiro atoms. The lowest BCUT2D eigenvalue weighted by atomic mass is 9.92. The predicted molar refractivity (Wildman–Crippen MR) is 101 cm³/mol. The quantitative estimate of drug-likeness (QED) is 0.557. The first-order valence-electron chi connectivity index (χ1n) is 8.40. The van der Waals surface area contributed by atoms with E-state index in [2.05, 4.69) is 22.2 Å². The van der Waals surface area contributed by atoms with Gasteiger partial charge in [-0.25, -0.2) is 4.98 Å². The van der Waals surface area contributed by atoms with Crippen LogP contribution >= 0.6 is 0 Å². The van der Waals surface area contributed by atoms with E-state index < -0.39 is 11.3 Å². The molecular formula is C19H25N5O2. The summed E-state index contributed by atoms with van der Waals surface area (Å²) in [4.78, 5) is 30.7. The summed E-state index contributed by atoms with van der Waals surface area (Å²) in [7, 11) is 1.66. The lowest BCUT2D eigenvalue weighted by Gasteiger charge is -2.22. The molecule has 2 heterocycles. The number of likely N-dealkylation sites (tertiary alicyclic amines) is 1. The normalized spacial score (nSPS) is 16.4. The third-order valence-electron chi connectivity index (χ3n) is 4.27. The maximum atomic E-state index is 12.6. The lowest BCUT2D eigenvalue weighted by Crippen LogP contribution is -2.41.